The first-order chi connectivity index (χ1) is 6.74. The van der Waals surface area contributed by atoms with E-state index >= 15 is 0 Å². The zero-order valence-corrected chi connectivity index (χ0v) is 8.32. The number of nitrogens with zero attached hydrogens (tertiary/aromatic N) is 2. The molecule has 0 unspecified atom stereocenters. The average molecular weight is 188 g/mol. The van der Waals surface area contributed by atoms with E-state index in [9.17, 15) is 4.79 Å². The lowest BCUT2D eigenvalue weighted by Gasteiger charge is -1.99. The first-order valence-electron chi connectivity index (χ1n) is 4.61. The van der Waals surface area contributed by atoms with Crippen LogP contribution in [0.3, 0.4) is 0 Å². The van der Waals surface area contributed by atoms with Gasteiger partial charge >= 0.3 is 0 Å². The fourth-order valence-corrected chi connectivity index (χ4v) is 1.69. The number of fused-ring (bicyclic) bond motifs is 1. The highest BCUT2D eigenvalue weighted by Gasteiger charge is 2.08. The number of pyridine rings is 1. The highest BCUT2D eigenvalue weighted by Crippen LogP contribution is 2.14. The molecule has 0 amide bonds. The van der Waals surface area contributed by atoms with Crippen LogP contribution in [0, 0.1) is 13.8 Å². The second-order valence-corrected chi connectivity index (χ2v) is 3.40. The Morgan fingerprint density at radius 3 is 3.00 bits per heavy atom. The van der Waals surface area contributed by atoms with E-state index in [1.165, 1.54) is 0 Å². The highest BCUT2D eigenvalue weighted by molar-refractivity contribution is 5.58. The van der Waals surface area contributed by atoms with E-state index in [2.05, 4.69) is 4.98 Å². The maximum atomic E-state index is 10.5. The molecular weight excluding hydrogens is 176 g/mol. The van der Waals surface area contributed by atoms with Crippen LogP contribution in [0.15, 0.2) is 18.3 Å². The summed E-state index contributed by atoms with van der Waals surface area (Å²) in [7, 11) is 0. The zero-order chi connectivity index (χ0) is 10.1. The molecule has 0 aliphatic rings. The van der Waals surface area contributed by atoms with Gasteiger partial charge < -0.3 is 9.20 Å². The molecule has 2 aromatic rings. The summed E-state index contributed by atoms with van der Waals surface area (Å²) in [4.78, 5) is 14.9. The largest absolute Gasteiger partial charge is 0.303 e. The van der Waals surface area contributed by atoms with Crippen LogP contribution in [-0.4, -0.2) is 15.7 Å². The summed E-state index contributed by atoms with van der Waals surface area (Å²) in [6, 6.07) is 3.99. The molecule has 0 spiro atoms. The van der Waals surface area contributed by atoms with Gasteiger partial charge in [-0.25, -0.2) is 4.98 Å². The van der Waals surface area contributed by atoms with Crippen LogP contribution < -0.4 is 0 Å². The van der Waals surface area contributed by atoms with Gasteiger partial charge in [0.2, 0.25) is 0 Å². The Hall–Kier alpha value is -1.64. The van der Waals surface area contributed by atoms with Crippen molar-refractivity contribution in [3.05, 3.63) is 35.3 Å². The van der Waals surface area contributed by atoms with Crippen molar-refractivity contribution in [2.24, 2.45) is 0 Å². The van der Waals surface area contributed by atoms with Gasteiger partial charge in [-0.1, -0.05) is 6.07 Å². The number of aldehydes is 1. The molecule has 0 atom stereocenters. The molecule has 14 heavy (non-hydrogen) atoms. The van der Waals surface area contributed by atoms with Gasteiger partial charge in [-0.3, -0.25) is 0 Å². The van der Waals surface area contributed by atoms with E-state index < -0.39 is 0 Å². The number of carbonyl (C=O) groups excluding carboxylic acids is 1. The molecule has 0 bridgehead atoms. The Labute approximate surface area is 82.4 Å². The van der Waals surface area contributed by atoms with Crippen molar-refractivity contribution in [1.29, 1.82) is 0 Å². The number of aryl methyl sites for hydroxylation is 2. The molecule has 0 saturated carbocycles. The second-order valence-electron chi connectivity index (χ2n) is 3.40. The smallest absolute Gasteiger partial charge is 0.140 e. The minimum atomic E-state index is 0.427. The molecule has 0 fully saturated rings. The molecule has 0 aromatic carbocycles. The maximum absolute atomic E-state index is 10.5. The maximum Gasteiger partial charge on any atom is 0.140 e. The summed E-state index contributed by atoms with van der Waals surface area (Å²) in [6.07, 6.45) is 3.29. The summed E-state index contributed by atoms with van der Waals surface area (Å²) in [5.41, 5.74) is 4.00. The first kappa shape index (κ1) is 8.94. The third-order valence-corrected chi connectivity index (χ3v) is 2.42. The topological polar surface area (TPSA) is 34.4 Å². The number of imidazole rings is 1. The van der Waals surface area contributed by atoms with E-state index in [-0.39, 0.29) is 0 Å². The minimum Gasteiger partial charge on any atom is -0.303 e. The molecule has 0 aliphatic heterocycles. The molecule has 0 radical (unpaired) electrons. The Balaban J connectivity index is 2.76. The van der Waals surface area contributed by atoms with Crippen LogP contribution in [0.5, 0.6) is 0 Å². The van der Waals surface area contributed by atoms with Crippen molar-refractivity contribution in [3.63, 3.8) is 0 Å². The Bertz CT molecular complexity index is 485. The summed E-state index contributed by atoms with van der Waals surface area (Å²) in [5, 5.41) is 0. The Morgan fingerprint density at radius 1 is 1.50 bits per heavy atom. The second kappa shape index (κ2) is 3.25. The number of aromatic nitrogens is 2. The van der Waals surface area contributed by atoms with Gasteiger partial charge in [0, 0.05) is 12.6 Å². The quantitative estimate of drug-likeness (QED) is 0.672. The lowest BCUT2D eigenvalue weighted by atomic mass is 10.2. The molecule has 2 heterocycles. The first-order valence-corrected chi connectivity index (χ1v) is 4.61. The number of hydrogen-bond donors (Lipinski definition) is 0. The van der Waals surface area contributed by atoms with Gasteiger partial charge in [-0.2, -0.15) is 0 Å². The van der Waals surface area contributed by atoms with E-state index in [0.717, 1.165) is 28.9 Å². The summed E-state index contributed by atoms with van der Waals surface area (Å²) in [5.74, 6) is 0. The van der Waals surface area contributed by atoms with Crippen molar-refractivity contribution >= 4 is 11.9 Å². The van der Waals surface area contributed by atoms with Crippen molar-refractivity contribution in [3.8, 4) is 0 Å². The molecule has 72 valence electrons. The van der Waals surface area contributed by atoms with E-state index in [4.69, 9.17) is 0 Å². The van der Waals surface area contributed by atoms with E-state index in [1.54, 1.807) is 0 Å². The van der Waals surface area contributed by atoms with Gasteiger partial charge in [-0.15, -0.1) is 0 Å². The lowest BCUT2D eigenvalue weighted by Crippen LogP contribution is -1.95. The summed E-state index contributed by atoms with van der Waals surface area (Å²) in [6.45, 7) is 3.96. The van der Waals surface area contributed by atoms with Gasteiger partial charge in [0.05, 0.1) is 11.4 Å². The monoisotopic (exact) mass is 188 g/mol. The third-order valence-electron chi connectivity index (χ3n) is 2.42. The molecule has 0 N–H and O–H groups in total. The fraction of sp³-hybridized carbons (Fsp3) is 0.273. The zero-order valence-electron chi connectivity index (χ0n) is 8.32. The predicted molar refractivity (Wildman–Crippen MR) is 54.4 cm³/mol. The van der Waals surface area contributed by atoms with Crippen LogP contribution in [0.1, 0.15) is 17.0 Å². The Kier molecular flexibility index (Phi) is 2.08. The van der Waals surface area contributed by atoms with E-state index in [0.29, 0.717) is 6.42 Å². The van der Waals surface area contributed by atoms with Gasteiger partial charge in [0.15, 0.2) is 0 Å². The molecule has 2 rings (SSSR count). The van der Waals surface area contributed by atoms with Crippen molar-refractivity contribution in [1.82, 2.24) is 9.38 Å². The van der Waals surface area contributed by atoms with Gasteiger partial charge in [-0.05, 0) is 25.5 Å². The van der Waals surface area contributed by atoms with Crippen molar-refractivity contribution in [2.45, 2.75) is 20.3 Å². The normalized spacial score (nSPS) is 10.7. The molecule has 0 aliphatic carbocycles. The average Bonchev–Trinajstić information content (AvgIpc) is 2.47. The Morgan fingerprint density at radius 2 is 2.29 bits per heavy atom. The van der Waals surface area contributed by atoms with Crippen LogP contribution >= 0.6 is 0 Å². The third kappa shape index (κ3) is 1.21. The predicted octanol–water partition coefficient (Wildman–Crippen LogP) is 1.69. The van der Waals surface area contributed by atoms with Crippen molar-refractivity contribution in [2.75, 3.05) is 0 Å². The summed E-state index contributed by atoms with van der Waals surface area (Å²) < 4.78 is 1.99. The number of rotatable bonds is 2. The molecule has 3 nitrogen and oxygen atoms in total. The molecule has 3 heteroatoms. The molecule has 2 aromatic heterocycles. The molecule has 0 saturated heterocycles. The van der Waals surface area contributed by atoms with Gasteiger partial charge in [0.1, 0.15) is 11.9 Å². The SMILES string of the molecule is Cc1nc2c(C)cccn2c1CC=O. The van der Waals surface area contributed by atoms with Crippen LogP contribution in [-0.2, 0) is 11.2 Å². The summed E-state index contributed by atoms with van der Waals surface area (Å²) >= 11 is 0. The van der Waals surface area contributed by atoms with E-state index in [1.807, 2.05) is 36.6 Å². The number of carbonyl (C=O) groups is 1. The van der Waals surface area contributed by atoms with Crippen LogP contribution in [0.2, 0.25) is 0 Å². The van der Waals surface area contributed by atoms with Gasteiger partial charge in [0.25, 0.3) is 0 Å². The molecular formula is C11H12N2O. The number of hydrogen-bond acceptors (Lipinski definition) is 2. The lowest BCUT2D eigenvalue weighted by molar-refractivity contribution is -0.107. The highest BCUT2D eigenvalue weighted by atomic mass is 16.1. The fourth-order valence-electron chi connectivity index (χ4n) is 1.69. The standard InChI is InChI=1S/C11H12N2O/c1-8-4-3-6-13-10(5-7-14)9(2)12-11(8)13/h3-4,6-7H,5H2,1-2H3. The minimum absolute atomic E-state index is 0.427. The van der Waals surface area contributed by atoms with Crippen LogP contribution in [0.25, 0.3) is 5.65 Å². The van der Waals surface area contributed by atoms with Crippen molar-refractivity contribution < 1.29 is 4.79 Å². The van der Waals surface area contributed by atoms with Crippen LogP contribution in [0.4, 0.5) is 0 Å².